The molecule has 0 bridgehead atoms. The van der Waals surface area contributed by atoms with Crippen LogP contribution in [-0.2, 0) is 0 Å². The van der Waals surface area contributed by atoms with E-state index in [9.17, 15) is 0 Å². The number of benzene rings is 5. The molecule has 40 heavy (non-hydrogen) atoms. The highest BCUT2D eigenvalue weighted by molar-refractivity contribution is 6.31. The molecule has 5 aromatic carbocycles. The zero-order chi connectivity index (χ0) is 27.9. The van der Waals surface area contributed by atoms with Crippen LogP contribution in [0.4, 0.5) is 34.1 Å². The fourth-order valence-corrected chi connectivity index (χ4v) is 4.21. The summed E-state index contributed by atoms with van der Waals surface area (Å²) in [6.45, 7) is 0. The van der Waals surface area contributed by atoms with E-state index in [0.29, 0.717) is 20.1 Å². The summed E-state index contributed by atoms with van der Waals surface area (Å²) in [7, 11) is 0. The van der Waals surface area contributed by atoms with E-state index in [-0.39, 0.29) is 0 Å². The topological polar surface area (TPSA) is 30.7 Å². The molecule has 0 aromatic heterocycles. The third kappa shape index (κ3) is 7.15. The summed E-state index contributed by atoms with van der Waals surface area (Å²) in [5.41, 5.74) is 4.83. The minimum atomic E-state index is 0.641. The normalized spacial score (nSPS) is 10.3. The quantitative estimate of drug-likeness (QED) is 0.137. The molecule has 0 spiro atoms. The summed E-state index contributed by atoms with van der Waals surface area (Å²) in [6, 6.07) is 43.6. The Morgan fingerprint density at radius 2 is 0.575 bits per heavy atom. The van der Waals surface area contributed by atoms with Crippen molar-refractivity contribution in [3.8, 4) is 0 Å². The van der Waals surface area contributed by atoms with Crippen molar-refractivity contribution in [2.75, 3.05) is 0 Å². The molecule has 0 atom stereocenters. The van der Waals surface area contributed by atoms with Gasteiger partial charge in [0.05, 0.1) is 0 Å². The Kier molecular flexibility index (Phi) is 8.91. The van der Waals surface area contributed by atoms with E-state index in [1.807, 2.05) is 106 Å². The molecule has 194 valence electrons. The molecular formula is C32H20Cl4N4+2. The van der Waals surface area contributed by atoms with Gasteiger partial charge in [-0.3, -0.25) is 0 Å². The maximum absolute atomic E-state index is 6.14. The van der Waals surface area contributed by atoms with Gasteiger partial charge in [-0.05, 0) is 121 Å². The second kappa shape index (κ2) is 12.9. The monoisotopic (exact) mass is 600 g/mol. The van der Waals surface area contributed by atoms with E-state index in [4.69, 9.17) is 46.4 Å². The van der Waals surface area contributed by atoms with Crippen molar-refractivity contribution in [1.29, 1.82) is 0 Å². The average Bonchev–Trinajstić information content (AvgIpc) is 2.97. The summed E-state index contributed by atoms with van der Waals surface area (Å²) >= 11 is 24.3. The van der Waals surface area contributed by atoms with Gasteiger partial charge in [-0.15, -0.1) is 0 Å². The Morgan fingerprint density at radius 1 is 0.350 bits per heavy atom. The smallest absolute Gasteiger partial charge is 0.151 e. The van der Waals surface area contributed by atoms with Crippen molar-refractivity contribution in [1.82, 2.24) is 9.15 Å². The molecule has 0 saturated heterocycles. The van der Waals surface area contributed by atoms with Crippen LogP contribution >= 0.6 is 46.4 Å². The number of nitrogens with zero attached hydrogens (tertiary/aromatic N) is 4. The second-order valence-corrected chi connectivity index (χ2v) is 10.3. The zero-order valence-electron chi connectivity index (χ0n) is 20.8. The lowest BCUT2D eigenvalue weighted by Gasteiger charge is -2.06. The highest BCUT2D eigenvalue weighted by Gasteiger charge is 2.14. The van der Waals surface area contributed by atoms with Crippen molar-refractivity contribution in [3.05, 3.63) is 141 Å². The molecule has 0 aliphatic heterocycles. The molecule has 0 radical (unpaired) electrons. The fraction of sp³-hybridized carbons (Fsp3) is 0. The van der Waals surface area contributed by atoms with Crippen LogP contribution in [0, 0.1) is 0 Å². The maximum Gasteiger partial charge on any atom is 0.324 e. The largest absolute Gasteiger partial charge is 0.324 e. The summed E-state index contributed by atoms with van der Waals surface area (Å²) in [4.78, 5) is 9.06. The number of halogens is 4. The van der Waals surface area contributed by atoms with E-state index in [0.717, 1.165) is 34.1 Å². The predicted molar refractivity (Wildman–Crippen MR) is 169 cm³/mol. The Labute approximate surface area is 252 Å². The predicted octanol–water partition coefficient (Wildman–Crippen LogP) is 11.0. The first-order valence-corrected chi connectivity index (χ1v) is 13.6. The molecule has 0 fully saturated rings. The number of hydrogen-bond donors (Lipinski definition) is 0. The van der Waals surface area contributed by atoms with E-state index in [1.54, 1.807) is 24.3 Å². The van der Waals surface area contributed by atoms with Gasteiger partial charge in [-0.1, -0.05) is 46.4 Å². The number of hydrogen-bond acceptors (Lipinski definition) is 2. The Bertz CT molecular complexity index is 1610. The lowest BCUT2D eigenvalue weighted by Crippen LogP contribution is -2.04. The molecule has 0 heterocycles. The molecule has 8 heteroatoms. The highest BCUT2D eigenvalue weighted by Crippen LogP contribution is 2.27. The average molecular weight is 602 g/mol. The van der Waals surface area contributed by atoms with Gasteiger partial charge in [0, 0.05) is 30.1 Å². The van der Waals surface area contributed by atoms with Crippen LogP contribution in [0.25, 0.3) is 0 Å². The summed E-state index contributed by atoms with van der Waals surface area (Å²) < 4.78 is 3.71. The maximum atomic E-state index is 6.14. The third-order valence-electron chi connectivity index (χ3n) is 5.75. The van der Waals surface area contributed by atoms with E-state index in [2.05, 4.69) is 22.0 Å². The van der Waals surface area contributed by atoms with Crippen LogP contribution in [-0.4, -0.2) is 12.0 Å². The summed E-state index contributed by atoms with van der Waals surface area (Å²) in [6.07, 6.45) is 0. The van der Waals surface area contributed by atoms with Crippen LogP contribution in [0.3, 0.4) is 0 Å². The zero-order valence-corrected chi connectivity index (χ0v) is 23.9. The van der Waals surface area contributed by atoms with E-state index >= 15 is 0 Å². The molecule has 0 aliphatic carbocycles. The van der Waals surface area contributed by atoms with Crippen LogP contribution in [0.2, 0.25) is 20.1 Å². The first-order chi connectivity index (χ1) is 19.4. The van der Waals surface area contributed by atoms with Gasteiger partial charge < -0.3 is 0 Å². The van der Waals surface area contributed by atoms with Gasteiger partial charge in [-0.25, -0.2) is 0 Å². The van der Waals surface area contributed by atoms with E-state index < -0.39 is 0 Å². The van der Waals surface area contributed by atoms with Gasteiger partial charge in [0.1, 0.15) is 22.7 Å². The Balaban J connectivity index is 1.58. The van der Waals surface area contributed by atoms with Gasteiger partial charge in [-0.2, -0.15) is 9.15 Å². The van der Waals surface area contributed by atoms with Crippen LogP contribution in [0.1, 0.15) is 0 Å². The first-order valence-electron chi connectivity index (χ1n) is 12.1. The Hall–Kier alpha value is -3.98. The van der Waals surface area contributed by atoms with Gasteiger partial charge in [0.2, 0.25) is 0 Å². The minimum absolute atomic E-state index is 0.641. The Morgan fingerprint density at radius 3 is 0.850 bits per heavy atom. The van der Waals surface area contributed by atoms with Crippen LogP contribution in [0.15, 0.2) is 131 Å². The molecule has 0 N–H and O–H groups in total. The van der Waals surface area contributed by atoms with Crippen LogP contribution < -0.4 is 9.15 Å². The molecule has 4 nitrogen and oxygen atoms in total. The lowest BCUT2D eigenvalue weighted by molar-refractivity contribution is 1.07. The van der Waals surface area contributed by atoms with Gasteiger partial charge >= 0.3 is 12.0 Å². The van der Waals surface area contributed by atoms with Crippen molar-refractivity contribution >= 4 is 92.5 Å². The van der Waals surface area contributed by atoms with Crippen molar-refractivity contribution in [2.24, 2.45) is 9.98 Å². The van der Waals surface area contributed by atoms with Gasteiger partial charge in [0.25, 0.3) is 0 Å². The summed E-state index contributed by atoms with van der Waals surface area (Å²) in [5.74, 6) is 0. The van der Waals surface area contributed by atoms with Crippen molar-refractivity contribution < 1.29 is 0 Å². The number of rotatable bonds is 6. The van der Waals surface area contributed by atoms with Crippen LogP contribution in [0.5, 0.6) is 0 Å². The SMILES string of the molecule is Clc1ccc(N=C=[N+](c2ccc(Cl)cc2)c2ccc([N+](=C=Nc3ccc(Cl)cc3)c3ccc(Cl)cc3)cc2)cc1. The molecule has 0 amide bonds. The minimum Gasteiger partial charge on any atom is -0.151 e. The molecule has 0 unspecified atom stereocenters. The lowest BCUT2D eigenvalue weighted by atomic mass is 10.2. The first kappa shape index (κ1) is 27.6. The van der Waals surface area contributed by atoms with Gasteiger partial charge in [0.15, 0.2) is 11.4 Å². The standard InChI is InChI=1S/C32H20Cl4N4/c33-23-1-9-27(10-2-23)37-21-39(29-13-5-25(35)6-14-29)31-17-19-32(20-18-31)40(30-15-7-26(36)8-16-30)22-38-28-11-3-24(34)4-12-28/h1-20H/q+2. The second-order valence-electron chi connectivity index (χ2n) is 8.52. The fourth-order valence-electron chi connectivity index (χ4n) is 3.71. The van der Waals surface area contributed by atoms with Crippen molar-refractivity contribution in [3.63, 3.8) is 0 Å². The van der Waals surface area contributed by atoms with Crippen molar-refractivity contribution in [2.45, 2.75) is 0 Å². The molecule has 0 saturated carbocycles. The third-order valence-corrected chi connectivity index (χ3v) is 6.76. The molecule has 0 aliphatic rings. The molecule has 5 rings (SSSR count). The highest BCUT2D eigenvalue weighted by atomic mass is 35.5. The van der Waals surface area contributed by atoms with E-state index in [1.165, 1.54) is 0 Å². The molecular weight excluding hydrogens is 582 g/mol. The summed E-state index contributed by atoms with van der Waals surface area (Å²) in [5, 5.41) is 2.57. The molecule has 5 aromatic rings. The number of aliphatic imine (C=N–C) groups is 2.